The zero-order chi connectivity index (χ0) is 14.7. The van der Waals surface area contributed by atoms with Crippen LogP contribution in [0.2, 0.25) is 0 Å². The van der Waals surface area contributed by atoms with Crippen LogP contribution in [0, 0.1) is 18.6 Å². The molecule has 0 spiro atoms. The maximum atomic E-state index is 14.0. The van der Waals surface area contributed by atoms with Crippen LogP contribution in [0.1, 0.15) is 22.7 Å². The molecule has 2 rings (SSSR count). The number of nitrogens with one attached hydrogen (secondary N) is 1. The van der Waals surface area contributed by atoms with E-state index in [1.54, 1.807) is 31.4 Å². The molecule has 2 aromatic carbocycles. The van der Waals surface area contributed by atoms with E-state index >= 15 is 0 Å². The Morgan fingerprint density at radius 1 is 1.05 bits per heavy atom. The summed E-state index contributed by atoms with van der Waals surface area (Å²) >= 11 is 0. The van der Waals surface area contributed by atoms with E-state index < -0.39 is 17.7 Å². The Labute approximate surface area is 116 Å². The maximum absolute atomic E-state index is 14.0. The molecule has 0 saturated carbocycles. The Bertz CT molecular complexity index is 600. The van der Waals surface area contributed by atoms with E-state index in [1.807, 2.05) is 0 Å². The highest BCUT2D eigenvalue weighted by Crippen LogP contribution is 2.27. The van der Waals surface area contributed by atoms with Crippen LogP contribution in [0.5, 0.6) is 5.75 Å². The van der Waals surface area contributed by atoms with Gasteiger partial charge in [0.1, 0.15) is 5.75 Å². The number of hydrogen-bond donors (Lipinski definition) is 2. The van der Waals surface area contributed by atoms with Crippen molar-refractivity contribution in [2.45, 2.75) is 13.0 Å². The molecule has 5 heteroatoms. The highest BCUT2D eigenvalue weighted by atomic mass is 19.2. The van der Waals surface area contributed by atoms with Crippen LogP contribution >= 0.6 is 0 Å². The number of halogens is 2. The number of nitrogens with two attached hydrogens (primary N) is 1. The number of aryl methyl sites for hydroxylation is 1. The molecule has 0 amide bonds. The molecule has 0 radical (unpaired) electrons. The highest BCUT2D eigenvalue weighted by molar-refractivity contribution is 5.37. The smallest absolute Gasteiger partial charge is 0.164 e. The fourth-order valence-electron chi connectivity index (χ4n) is 2.05. The average molecular weight is 278 g/mol. The number of ether oxygens (including phenoxy) is 1. The lowest BCUT2D eigenvalue weighted by Gasteiger charge is -2.18. The van der Waals surface area contributed by atoms with Gasteiger partial charge in [-0.3, -0.25) is 5.84 Å². The second kappa shape index (κ2) is 5.98. The van der Waals surface area contributed by atoms with Crippen molar-refractivity contribution in [3.05, 3.63) is 64.7 Å². The predicted octanol–water partition coefficient (Wildman–Crippen LogP) is 2.83. The monoisotopic (exact) mass is 278 g/mol. The molecular formula is C15H16F2N2O. The van der Waals surface area contributed by atoms with Gasteiger partial charge in [-0.05, 0) is 30.2 Å². The van der Waals surface area contributed by atoms with Crippen LogP contribution in [0.25, 0.3) is 0 Å². The molecule has 0 saturated heterocycles. The van der Waals surface area contributed by atoms with Crippen molar-refractivity contribution in [2.75, 3.05) is 7.11 Å². The summed E-state index contributed by atoms with van der Waals surface area (Å²) in [7, 11) is 1.56. The molecule has 3 N–H and O–H groups in total. The number of hydrogen-bond acceptors (Lipinski definition) is 3. The molecule has 0 aliphatic heterocycles. The molecule has 0 fully saturated rings. The molecular weight excluding hydrogens is 262 g/mol. The van der Waals surface area contributed by atoms with Crippen molar-refractivity contribution in [1.29, 1.82) is 0 Å². The van der Waals surface area contributed by atoms with Gasteiger partial charge in [-0.15, -0.1) is 0 Å². The Kier molecular flexibility index (Phi) is 4.32. The quantitative estimate of drug-likeness (QED) is 0.668. The van der Waals surface area contributed by atoms with Crippen LogP contribution in [0.4, 0.5) is 8.78 Å². The molecule has 20 heavy (non-hydrogen) atoms. The van der Waals surface area contributed by atoms with E-state index in [0.29, 0.717) is 5.75 Å². The topological polar surface area (TPSA) is 47.3 Å². The van der Waals surface area contributed by atoms with Gasteiger partial charge in [0.05, 0.1) is 13.2 Å². The van der Waals surface area contributed by atoms with Gasteiger partial charge in [0, 0.05) is 5.56 Å². The summed E-state index contributed by atoms with van der Waals surface area (Å²) in [5.74, 6) is 4.44. The van der Waals surface area contributed by atoms with Crippen molar-refractivity contribution in [3.8, 4) is 5.75 Å². The number of rotatable bonds is 4. The zero-order valence-electron chi connectivity index (χ0n) is 11.3. The minimum atomic E-state index is -0.885. The van der Waals surface area contributed by atoms with Crippen LogP contribution in [0.15, 0.2) is 36.4 Å². The second-order valence-corrected chi connectivity index (χ2v) is 4.47. The van der Waals surface area contributed by atoms with Crippen molar-refractivity contribution in [3.63, 3.8) is 0 Å². The second-order valence-electron chi connectivity index (χ2n) is 4.47. The summed E-state index contributed by atoms with van der Waals surface area (Å²) in [6.45, 7) is 1.51. The first-order chi connectivity index (χ1) is 9.58. The van der Waals surface area contributed by atoms with E-state index in [-0.39, 0.29) is 11.1 Å². The molecule has 106 valence electrons. The van der Waals surface area contributed by atoms with Gasteiger partial charge in [-0.25, -0.2) is 14.2 Å². The SMILES string of the molecule is COc1ccc(C(NN)c2ccc(C)c(F)c2F)cc1. The van der Waals surface area contributed by atoms with Gasteiger partial charge < -0.3 is 4.74 Å². The first-order valence-corrected chi connectivity index (χ1v) is 6.13. The fourth-order valence-corrected chi connectivity index (χ4v) is 2.05. The molecule has 2 aromatic rings. The van der Waals surface area contributed by atoms with Crippen LogP contribution in [-0.2, 0) is 0 Å². The Morgan fingerprint density at radius 3 is 2.25 bits per heavy atom. The zero-order valence-corrected chi connectivity index (χ0v) is 11.3. The van der Waals surface area contributed by atoms with Crippen molar-refractivity contribution < 1.29 is 13.5 Å². The van der Waals surface area contributed by atoms with Gasteiger partial charge in [-0.1, -0.05) is 24.3 Å². The van der Waals surface area contributed by atoms with Crippen LogP contribution < -0.4 is 16.0 Å². The van der Waals surface area contributed by atoms with Crippen molar-refractivity contribution >= 4 is 0 Å². The molecule has 0 aliphatic rings. The fraction of sp³-hybridized carbons (Fsp3) is 0.200. The molecule has 3 nitrogen and oxygen atoms in total. The minimum Gasteiger partial charge on any atom is -0.497 e. The summed E-state index contributed by atoms with van der Waals surface area (Å²) < 4.78 is 32.8. The third kappa shape index (κ3) is 2.64. The summed E-state index contributed by atoms with van der Waals surface area (Å²) in [4.78, 5) is 0. The summed E-state index contributed by atoms with van der Waals surface area (Å²) in [6, 6.07) is 9.41. The first-order valence-electron chi connectivity index (χ1n) is 6.13. The molecule has 1 atom stereocenters. The Morgan fingerprint density at radius 2 is 1.70 bits per heavy atom. The van der Waals surface area contributed by atoms with E-state index in [9.17, 15) is 8.78 Å². The largest absolute Gasteiger partial charge is 0.497 e. The molecule has 0 aliphatic carbocycles. The van der Waals surface area contributed by atoms with Gasteiger partial charge in [0.2, 0.25) is 0 Å². The van der Waals surface area contributed by atoms with Gasteiger partial charge in [0.15, 0.2) is 11.6 Å². The number of hydrazine groups is 1. The Hall–Kier alpha value is -1.98. The average Bonchev–Trinajstić information content (AvgIpc) is 2.48. The predicted molar refractivity (Wildman–Crippen MR) is 73.3 cm³/mol. The summed E-state index contributed by atoms with van der Waals surface area (Å²) in [5, 5.41) is 0. The highest BCUT2D eigenvalue weighted by Gasteiger charge is 2.20. The molecule has 0 bridgehead atoms. The summed E-state index contributed by atoms with van der Waals surface area (Å²) in [6.07, 6.45) is 0. The number of benzene rings is 2. The van der Waals surface area contributed by atoms with E-state index in [0.717, 1.165) is 5.56 Å². The molecule has 0 heterocycles. The minimum absolute atomic E-state index is 0.167. The lowest BCUT2D eigenvalue weighted by atomic mass is 9.97. The summed E-state index contributed by atoms with van der Waals surface area (Å²) in [5.41, 5.74) is 3.66. The first kappa shape index (κ1) is 14.4. The van der Waals surface area contributed by atoms with E-state index in [1.165, 1.54) is 19.1 Å². The molecule has 1 unspecified atom stereocenters. The van der Waals surface area contributed by atoms with Crippen molar-refractivity contribution in [2.24, 2.45) is 5.84 Å². The van der Waals surface area contributed by atoms with Crippen LogP contribution in [-0.4, -0.2) is 7.11 Å². The van der Waals surface area contributed by atoms with E-state index in [2.05, 4.69) is 5.43 Å². The lowest BCUT2D eigenvalue weighted by Crippen LogP contribution is -2.29. The Balaban J connectivity index is 2.44. The van der Waals surface area contributed by atoms with Gasteiger partial charge in [-0.2, -0.15) is 0 Å². The third-order valence-corrected chi connectivity index (χ3v) is 3.23. The van der Waals surface area contributed by atoms with Gasteiger partial charge >= 0.3 is 0 Å². The molecule has 0 aromatic heterocycles. The third-order valence-electron chi connectivity index (χ3n) is 3.23. The normalized spacial score (nSPS) is 12.2. The number of methoxy groups -OCH3 is 1. The standard InChI is InChI=1S/C15H16F2N2O/c1-9-3-8-12(14(17)13(9)16)15(19-18)10-4-6-11(20-2)7-5-10/h3-8,15,19H,18H2,1-2H3. The van der Waals surface area contributed by atoms with Crippen molar-refractivity contribution in [1.82, 2.24) is 5.43 Å². The van der Waals surface area contributed by atoms with Crippen LogP contribution in [0.3, 0.4) is 0 Å². The van der Waals surface area contributed by atoms with E-state index in [4.69, 9.17) is 10.6 Å². The van der Waals surface area contributed by atoms with Gasteiger partial charge in [0.25, 0.3) is 0 Å². The lowest BCUT2D eigenvalue weighted by molar-refractivity contribution is 0.414. The maximum Gasteiger partial charge on any atom is 0.164 e.